The number of anilines is 3. The summed E-state index contributed by atoms with van der Waals surface area (Å²) in [5, 5.41) is 3.01. The molecule has 2 aromatic rings. The summed E-state index contributed by atoms with van der Waals surface area (Å²) in [5.74, 6) is 1.85. The molecule has 3 heterocycles. The van der Waals surface area contributed by atoms with Crippen LogP contribution in [-0.4, -0.2) is 73.4 Å². The minimum absolute atomic E-state index is 0.0503. The molecule has 2 saturated heterocycles. The Morgan fingerprint density at radius 3 is 2.29 bits per heavy atom. The Morgan fingerprint density at radius 1 is 0.964 bits per heavy atom. The van der Waals surface area contributed by atoms with E-state index in [1.165, 1.54) is 0 Å². The Hall–Kier alpha value is -2.87. The number of para-hydroxylation sites is 1. The topological polar surface area (TPSA) is 73.8 Å². The van der Waals surface area contributed by atoms with Crippen LogP contribution in [0.2, 0.25) is 0 Å². The van der Waals surface area contributed by atoms with Gasteiger partial charge in [-0.1, -0.05) is 18.2 Å². The number of ether oxygens (including phenoxy) is 1. The third-order valence-corrected chi connectivity index (χ3v) is 5.25. The highest BCUT2D eigenvalue weighted by atomic mass is 16.5. The Bertz CT molecular complexity index is 816. The van der Waals surface area contributed by atoms with E-state index in [1.54, 1.807) is 6.33 Å². The van der Waals surface area contributed by atoms with Gasteiger partial charge in [-0.25, -0.2) is 14.8 Å². The molecule has 0 spiro atoms. The molecule has 1 aromatic heterocycles. The van der Waals surface area contributed by atoms with E-state index in [9.17, 15) is 4.79 Å². The maximum atomic E-state index is 12.6. The van der Waals surface area contributed by atoms with Crippen molar-refractivity contribution in [1.29, 1.82) is 0 Å². The smallest absolute Gasteiger partial charge is 0.321 e. The molecule has 0 radical (unpaired) electrons. The van der Waals surface area contributed by atoms with Gasteiger partial charge in [0.25, 0.3) is 0 Å². The van der Waals surface area contributed by atoms with Gasteiger partial charge < -0.3 is 24.8 Å². The van der Waals surface area contributed by atoms with E-state index in [0.717, 1.165) is 62.3 Å². The van der Waals surface area contributed by atoms with Gasteiger partial charge in [0.2, 0.25) is 0 Å². The molecule has 1 N–H and O–H groups in total. The molecule has 2 fully saturated rings. The molecule has 2 amide bonds. The van der Waals surface area contributed by atoms with Crippen molar-refractivity contribution in [3.05, 3.63) is 42.2 Å². The summed E-state index contributed by atoms with van der Waals surface area (Å²) in [6, 6.07) is 9.81. The molecule has 8 heteroatoms. The molecule has 148 valence electrons. The van der Waals surface area contributed by atoms with Gasteiger partial charge in [0.1, 0.15) is 18.0 Å². The summed E-state index contributed by atoms with van der Waals surface area (Å²) in [6.07, 6.45) is 1.62. The quantitative estimate of drug-likeness (QED) is 0.875. The fourth-order valence-electron chi connectivity index (χ4n) is 3.52. The lowest BCUT2D eigenvalue weighted by molar-refractivity contribution is 0.122. The van der Waals surface area contributed by atoms with Gasteiger partial charge in [0.15, 0.2) is 0 Å². The number of hydrogen-bond donors (Lipinski definition) is 1. The summed E-state index contributed by atoms with van der Waals surface area (Å²) in [4.78, 5) is 27.7. The van der Waals surface area contributed by atoms with E-state index >= 15 is 0 Å². The number of aromatic nitrogens is 2. The van der Waals surface area contributed by atoms with Gasteiger partial charge in [0.05, 0.1) is 13.2 Å². The number of nitrogens with one attached hydrogen (secondary N) is 1. The highest BCUT2D eigenvalue weighted by Gasteiger charge is 2.23. The van der Waals surface area contributed by atoms with E-state index in [1.807, 2.05) is 42.2 Å². The molecule has 0 saturated carbocycles. The lowest BCUT2D eigenvalue weighted by Crippen LogP contribution is -2.50. The maximum Gasteiger partial charge on any atom is 0.321 e. The first-order valence-corrected chi connectivity index (χ1v) is 9.72. The Balaban J connectivity index is 1.35. The number of piperazine rings is 1. The fraction of sp³-hybridized carbons (Fsp3) is 0.450. The van der Waals surface area contributed by atoms with Crippen molar-refractivity contribution in [3.8, 4) is 0 Å². The van der Waals surface area contributed by atoms with Crippen LogP contribution < -0.4 is 15.1 Å². The summed E-state index contributed by atoms with van der Waals surface area (Å²) < 4.78 is 5.41. The Morgan fingerprint density at radius 2 is 1.61 bits per heavy atom. The van der Waals surface area contributed by atoms with E-state index in [4.69, 9.17) is 4.74 Å². The van der Waals surface area contributed by atoms with Crippen molar-refractivity contribution in [2.24, 2.45) is 0 Å². The van der Waals surface area contributed by atoms with Gasteiger partial charge in [-0.2, -0.15) is 0 Å². The Labute approximate surface area is 165 Å². The number of urea groups is 1. The number of morpholine rings is 1. The van der Waals surface area contributed by atoms with E-state index in [0.29, 0.717) is 13.1 Å². The van der Waals surface area contributed by atoms with Crippen LogP contribution in [0.25, 0.3) is 0 Å². The van der Waals surface area contributed by atoms with E-state index in [2.05, 4.69) is 25.1 Å². The molecule has 0 bridgehead atoms. The molecule has 0 atom stereocenters. The molecule has 2 aliphatic heterocycles. The van der Waals surface area contributed by atoms with Crippen LogP contribution in [0.5, 0.6) is 0 Å². The SMILES string of the molecule is Cc1ccccc1NC(=O)N1CCN(c2cc(N3CCOCC3)ncn2)CC1. The van der Waals surface area contributed by atoms with E-state index in [-0.39, 0.29) is 6.03 Å². The highest BCUT2D eigenvalue weighted by molar-refractivity contribution is 5.90. The van der Waals surface area contributed by atoms with Crippen molar-refractivity contribution >= 4 is 23.4 Å². The number of aryl methyl sites for hydroxylation is 1. The number of hydrogen-bond acceptors (Lipinski definition) is 6. The number of amides is 2. The van der Waals surface area contributed by atoms with Gasteiger partial charge >= 0.3 is 6.03 Å². The van der Waals surface area contributed by atoms with Crippen molar-refractivity contribution in [2.45, 2.75) is 6.92 Å². The van der Waals surface area contributed by atoms with Gasteiger partial charge in [-0.15, -0.1) is 0 Å². The second-order valence-corrected chi connectivity index (χ2v) is 7.05. The average Bonchev–Trinajstić information content (AvgIpc) is 2.76. The second-order valence-electron chi connectivity index (χ2n) is 7.05. The first-order valence-electron chi connectivity index (χ1n) is 9.72. The lowest BCUT2D eigenvalue weighted by atomic mass is 10.2. The van der Waals surface area contributed by atoms with Gasteiger partial charge in [-0.3, -0.25) is 0 Å². The first kappa shape index (κ1) is 18.5. The third-order valence-electron chi connectivity index (χ3n) is 5.25. The highest BCUT2D eigenvalue weighted by Crippen LogP contribution is 2.20. The molecule has 28 heavy (non-hydrogen) atoms. The summed E-state index contributed by atoms with van der Waals surface area (Å²) >= 11 is 0. The van der Waals surface area contributed by atoms with Crippen molar-refractivity contribution < 1.29 is 9.53 Å². The molecular formula is C20H26N6O2. The standard InChI is InChI=1S/C20H26N6O2/c1-16-4-2-3-5-17(16)23-20(27)26-8-6-24(7-9-26)18-14-19(22-15-21-18)25-10-12-28-13-11-25/h2-5,14-15H,6-13H2,1H3,(H,23,27). The van der Waals surface area contributed by atoms with Crippen molar-refractivity contribution in [1.82, 2.24) is 14.9 Å². The van der Waals surface area contributed by atoms with Crippen LogP contribution in [0.3, 0.4) is 0 Å². The van der Waals surface area contributed by atoms with Crippen LogP contribution >= 0.6 is 0 Å². The van der Waals surface area contributed by atoms with Crippen LogP contribution in [-0.2, 0) is 4.74 Å². The first-order chi connectivity index (χ1) is 13.7. The van der Waals surface area contributed by atoms with Crippen LogP contribution in [0.4, 0.5) is 22.1 Å². The minimum atomic E-state index is -0.0503. The number of rotatable bonds is 3. The Kier molecular flexibility index (Phi) is 5.57. The summed E-state index contributed by atoms with van der Waals surface area (Å²) in [5.41, 5.74) is 1.92. The van der Waals surface area contributed by atoms with Crippen LogP contribution in [0.15, 0.2) is 36.7 Å². The molecule has 0 unspecified atom stereocenters. The van der Waals surface area contributed by atoms with Crippen LogP contribution in [0.1, 0.15) is 5.56 Å². The number of carbonyl (C=O) groups excluding carboxylic acids is 1. The maximum absolute atomic E-state index is 12.6. The average molecular weight is 382 g/mol. The molecule has 1 aromatic carbocycles. The van der Waals surface area contributed by atoms with Crippen LogP contribution in [0, 0.1) is 6.92 Å². The minimum Gasteiger partial charge on any atom is -0.378 e. The van der Waals surface area contributed by atoms with E-state index < -0.39 is 0 Å². The number of nitrogens with zero attached hydrogens (tertiary/aromatic N) is 5. The van der Waals surface area contributed by atoms with Crippen molar-refractivity contribution in [2.75, 3.05) is 67.6 Å². The third kappa shape index (κ3) is 4.17. The number of benzene rings is 1. The molecule has 4 rings (SSSR count). The summed E-state index contributed by atoms with van der Waals surface area (Å²) in [7, 11) is 0. The summed E-state index contributed by atoms with van der Waals surface area (Å²) in [6.45, 7) is 7.98. The molecule has 0 aliphatic carbocycles. The van der Waals surface area contributed by atoms with Gasteiger partial charge in [-0.05, 0) is 18.6 Å². The zero-order valence-corrected chi connectivity index (χ0v) is 16.2. The predicted octanol–water partition coefficient (Wildman–Crippen LogP) is 1.98. The fourth-order valence-corrected chi connectivity index (χ4v) is 3.52. The molecule has 2 aliphatic rings. The van der Waals surface area contributed by atoms with Gasteiger partial charge in [0, 0.05) is 51.0 Å². The zero-order chi connectivity index (χ0) is 19.3. The molecular weight excluding hydrogens is 356 g/mol. The zero-order valence-electron chi connectivity index (χ0n) is 16.2. The second kappa shape index (κ2) is 8.43. The normalized spacial score (nSPS) is 17.5. The largest absolute Gasteiger partial charge is 0.378 e. The molecule has 8 nitrogen and oxygen atoms in total. The lowest BCUT2D eigenvalue weighted by Gasteiger charge is -2.36. The monoisotopic (exact) mass is 382 g/mol. The van der Waals surface area contributed by atoms with Crippen molar-refractivity contribution in [3.63, 3.8) is 0 Å². The number of carbonyl (C=O) groups is 1. The predicted molar refractivity (Wildman–Crippen MR) is 109 cm³/mol.